The van der Waals surface area contributed by atoms with Crippen LogP contribution < -0.4 is 5.32 Å². The molecule has 1 aliphatic rings. The molecular weight excluding hydrogens is 863 g/mol. The van der Waals surface area contributed by atoms with Gasteiger partial charge < -0.3 is 40.3 Å². The zero-order chi connectivity index (χ0) is 50.1. The number of amides is 1. The van der Waals surface area contributed by atoms with Gasteiger partial charge in [-0.05, 0) is 19.3 Å². The molecule has 1 aliphatic heterocycles. The molecular formula is C60H117NO8. The van der Waals surface area contributed by atoms with Gasteiger partial charge in [-0.1, -0.05) is 296 Å². The molecule has 0 radical (unpaired) electrons. The van der Waals surface area contributed by atoms with Gasteiger partial charge in [-0.15, -0.1) is 0 Å². The zero-order valence-electron chi connectivity index (χ0n) is 45.6. The number of unbranched alkanes of at least 4 members (excludes halogenated alkanes) is 43. The van der Waals surface area contributed by atoms with Gasteiger partial charge in [0.2, 0.25) is 5.91 Å². The highest BCUT2D eigenvalue weighted by Crippen LogP contribution is 2.23. The van der Waals surface area contributed by atoms with E-state index in [4.69, 9.17) is 9.47 Å². The molecule has 1 fully saturated rings. The van der Waals surface area contributed by atoms with Crippen LogP contribution in [0.4, 0.5) is 0 Å². The lowest BCUT2D eigenvalue weighted by molar-refractivity contribution is -0.302. The highest BCUT2D eigenvalue weighted by atomic mass is 16.7. The van der Waals surface area contributed by atoms with Crippen LogP contribution in [0.25, 0.3) is 0 Å². The molecule has 69 heavy (non-hydrogen) atoms. The fourth-order valence-electron chi connectivity index (χ4n) is 10.0. The molecule has 1 heterocycles. The van der Waals surface area contributed by atoms with E-state index >= 15 is 0 Å². The molecule has 7 unspecified atom stereocenters. The molecule has 1 rings (SSSR count). The van der Waals surface area contributed by atoms with E-state index in [2.05, 4.69) is 19.2 Å². The Morgan fingerprint density at radius 1 is 0.478 bits per heavy atom. The van der Waals surface area contributed by atoms with Gasteiger partial charge in [-0.3, -0.25) is 4.79 Å². The number of nitrogens with one attached hydrogen (secondary N) is 1. The lowest BCUT2D eigenvalue weighted by Crippen LogP contribution is -2.60. The maximum absolute atomic E-state index is 13.1. The van der Waals surface area contributed by atoms with E-state index in [1.54, 1.807) is 6.08 Å². The standard InChI is InChI=1S/C60H117NO8/c1-3-5-7-9-11-13-15-17-19-21-22-23-24-25-26-27-28-29-30-31-32-34-36-38-40-42-44-46-48-50-56(64)61-53(52-68-60-59(67)58(66)57(65)55(51-62)69-60)54(63)49-47-45-43-41-39-37-35-33-20-18-16-14-12-10-8-6-4-2/h47,49,53-55,57-60,62-63,65-67H,3-46,48,50-52H2,1-2H3,(H,61,64)/b49-47+. The summed E-state index contributed by atoms with van der Waals surface area (Å²) in [6.45, 7) is 3.82. The molecule has 1 saturated heterocycles. The largest absolute Gasteiger partial charge is 0.394 e. The Morgan fingerprint density at radius 2 is 0.797 bits per heavy atom. The highest BCUT2D eigenvalue weighted by molar-refractivity contribution is 5.76. The summed E-state index contributed by atoms with van der Waals surface area (Å²) < 4.78 is 11.3. The minimum absolute atomic E-state index is 0.169. The fraction of sp³-hybridized carbons (Fsp3) is 0.950. The van der Waals surface area contributed by atoms with E-state index in [-0.39, 0.29) is 12.5 Å². The summed E-state index contributed by atoms with van der Waals surface area (Å²) in [6.07, 6.45) is 55.8. The number of aliphatic hydroxyl groups excluding tert-OH is 5. The van der Waals surface area contributed by atoms with Crippen LogP contribution in [0.5, 0.6) is 0 Å². The van der Waals surface area contributed by atoms with E-state index in [0.29, 0.717) is 6.42 Å². The monoisotopic (exact) mass is 980 g/mol. The van der Waals surface area contributed by atoms with Gasteiger partial charge in [0.1, 0.15) is 24.4 Å². The SMILES string of the molecule is CCCCCCCCCCCCCCCCC/C=C/C(O)C(COC1OC(CO)C(O)C(O)C1O)NC(=O)CCCCCCCCCCCCCCCCCCCCCCCCCCCCCCC. The van der Waals surface area contributed by atoms with E-state index in [0.717, 1.165) is 38.5 Å². The number of allylic oxidation sites excluding steroid dienone is 1. The van der Waals surface area contributed by atoms with Crippen molar-refractivity contribution in [1.82, 2.24) is 5.32 Å². The maximum atomic E-state index is 13.1. The van der Waals surface area contributed by atoms with Gasteiger partial charge in [-0.2, -0.15) is 0 Å². The summed E-state index contributed by atoms with van der Waals surface area (Å²) in [6, 6.07) is -0.800. The van der Waals surface area contributed by atoms with Crippen LogP contribution in [-0.4, -0.2) is 87.5 Å². The summed E-state index contributed by atoms with van der Waals surface area (Å²) in [5, 5.41) is 54.5. The van der Waals surface area contributed by atoms with Gasteiger partial charge >= 0.3 is 0 Å². The quantitative estimate of drug-likeness (QED) is 0.0261. The third-order valence-corrected chi connectivity index (χ3v) is 14.9. The van der Waals surface area contributed by atoms with Crippen molar-refractivity contribution in [1.29, 1.82) is 0 Å². The van der Waals surface area contributed by atoms with E-state index < -0.39 is 49.5 Å². The number of rotatable bonds is 53. The van der Waals surface area contributed by atoms with Gasteiger partial charge in [0.25, 0.3) is 0 Å². The molecule has 0 aromatic heterocycles. The first-order valence-corrected chi connectivity index (χ1v) is 30.4. The second-order valence-corrected chi connectivity index (χ2v) is 21.5. The smallest absolute Gasteiger partial charge is 0.220 e. The zero-order valence-corrected chi connectivity index (χ0v) is 45.6. The molecule has 9 nitrogen and oxygen atoms in total. The average Bonchev–Trinajstić information content (AvgIpc) is 3.35. The van der Waals surface area contributed by atoms with E-state index in [1.165, 1.54) is 250 Å². The third kappa shape index (κ3) is 40.1. The summed E-state index contributed by atoms with van der Waals surface area (Å²) >= 11 is 0. The first-order valence-electron chi connectivity index (χ1n) is 30.4. The molecule has 0 aromatic carbocycles. The normalized spacial score (nSPS) is 19.4. The number of carbonyl (C=O) groups excluding carboxylic acids is 1. The predicted molar refractivity (Wildman–Crippen MR) is 291 cm³/mol. The van der Waals surface area contributed by atoms with Crippen LogP contribution >= 0.6 is 0 Å². The highest BCUT2D eigenvalue weighted by Gasteiger charge is 2.44. The molecule has 6 N–H and O–H groups in total. The maximum Gasteiger partial charge on any atom is 0.220 e. The van der Waals surface area contributed by atoms with Crippen molar-refractivity contribution in [2.75, 3.05) is 13.2 Å². The molecule has 0 saturated carbocycles. The van der Waals surface area contributed by atoms with Gasteiger partial charge in [0.05, 0.1) is 25.4 Å². The van der Waals surface area contributed by atoms with Crippen molar-refractivity contribution in [2.24, 2.45) is 0 Å². The number of hydrogen-bond donors (Lipinski definition) is 6. The van der Waals surface area contributed by atoms with Gasteiger partial charge in [0.15, 0.2) is 6.29 Å². The third-order valence-electron chi connectivity index (χ3n) is 14.9. The predicted octanol–water partition coefficient (Wildman–Crippen LogP) is 15.2. The molecule has 7 atom stereocenters. The van der Waals surface area contributed by atoms with Crippen molar-refractivity contribution in [3.05, 3.63) is 12.2 Å². The number of carbonyl (C=O) groups is 1. The van der Waals surface area contributed by atoms with Crippen LogP contribution in [0.2, 0.25) is 0 Å². The molecule has 0 bridgehead atoms. The van der Waals surface area contributed by atoms with E-state index in [9.17, 15) is 30.3 Å². The molecule has 0 spiro atoms. The summed E-state index contributed by atoms with van der Waals surface area (Å²) in [4.78, 5) is 13.1. The van der Waals surface area contributed by atoms with E-state index in [1.807, 2.05) is 6.08 Å². The Hall–Kier alpha value is -1.07. The average molecular weight is 981 g/mol. The first-order chi connectivity index (χ1) is 33.8. The second kappa shape index (κ2) is 50.5. The number of aliphatic hydroxyl groups is 5. The molecule has 410 valence electrons. The van der Waals surface area contributed by atoms with Crippen LogP contribution in [-0.2, 0) is 14.3 Å². The van der Waals surface area contributed by atoms with Crippen molar-refractivity contribution in [2.45, 2.75) is 352 Å². The van der Waals surface area contributed by atoms with Crippen LogP contribution in [0, 0.1) is 0 Å². The Kier molecular flexibility index (Phi) is 48.2. The number of ether oxygens (including phenoxy) is 2. The van der Waals surface area contributed by atoms with Crippen molar-refractivity contribution in [3.8, 4) is 0 Å². The van der Waals surface area contributed by atoms with Crippen molar-refractivity contribution < 1.29 is 39.8 Å². The molecule has 0 aromatic rings. The number of hydrogen-bond acceptors (Lipinski definition) is 8. The minimum Gasteiger partial charge on any atom is -0.394 e. The topological polar surface area (TPSA) is 149 Å². The first kappa shape index (κ1) is 65.9. The second-order valence-electron chi connectivity index (χ2n) is 21.5. The molecule has 0 aliphatic carbocycles. The Morgan fingerprint density at radius 3 is 1.13 bits per heavy atom. The minimum atomic E-state index is -1.56. The molecule has 1 amide bonds. The fourth-order valence-corrected chi connectivity index (χ4v) is 10.0. The summed E-state index contributed by atoms with van der Waals surface area (Å²) in [5.74, 6) is -0.169. The molecule has 9 heteroatoms. The van der Waals surface area contributed by atoms with Gasteiger partial charge in [0, 0.05) is 6.42 Å². The Labute approximate surface area is 426 Å². The summed E-state index contributed by atoms with van der Waals surface area (Å²) in [7, 11) is 0. The van der Waals surface area contributed by atoms with Crippen molar-refractivity contribution >= 4 is 5.91 Å². The Bertz CT molecular complexity index is 1090. The Balaban J connectivity index is 2.14. The lowest BCUT2D eigenvalue weighted by Gasteiger charge is -2.40. The van der Waals surface area contributed by atoms with Crippen LogP contribution in [0.1, 0.15) is 309 Å². The lowest BCUT2D eigenvalue weighted by atomic mass is 9.99. The van der Waals surface area contributed by atoms with Crippen LogP contribution in [0.15, 0.2) is 12.2 Å². The van der Waals surface area contributed by atoms with Crippen LogP contribution in [0.3, 0.4) is 0 Å². The summed E-state index contributed by atoms with van der Waals surface area (Å²) in [5.41, 5.74) is 0. The van der Waals surface area contributed by atoms with Crippen molar-refractivity contribution in [3.63, 3.8) is 0 Å². The van der Waals surface area contributed by atoms with Gasteiger partial charge in [-0.25, -0.2) is 0 Å².